The van der Waals surface area contributed by atoms with Gasteiger partial charge in [-0.2, -0.15) is 5.26 Å². The molecule has 1 aliphatic carbocycles. The Morgan fingerprint density at radius 1 is 1.07 bits per heavy atom. The SMILES string of the molecule is CC(NCCO[Si](c1ccccc1)(c1ccccc1)C(C)(C)C)C1CC1C#N. The zero-order valence-electron chi connectivity index (χ0n) is 17.5. The van der Waals surface area contributed by atoms with Crippen LogP contribution in [0.1, 0.15) is 34.1 Å². The van der Waals surface area contributed by atoms with Crippen molar-refractivity contribution in [1.82, 2.24) is 5.32 Å². The highest BCUT2D eigenvalue weighted by atomic mass is 28.4. The van der Waals surface area contributed by atoms with Gasteiger partial charge in [0, 0.05) is 19.2 Å². The molecule has 0 saturated heterocycles. The molecule has 3 unspecified atom stereocenters. The van der Waals surface area contributed by atoms with Crippen LogP contribution < -0.4 is 15.7 Å². The van der Waals surface area contributed by atoms with E-state index in [0.717, 1.165) is 13.0 Å². The number of nitrogens with one attached hydrogen (secondary N) is 1. The van der Waals surface area contributed by atoms with E-state index in [9.17, 15) is 0 Å². The molecule has 0 amide bonds. The molecule has 3 rings (SSSR count). The Kier molecular flexibility index (Phi) is 6.39. The fraction of sp³-hybridized carbons (Fsp3) is 0.458. The van der Waals surface area contributed by atoms with Gasteiger partial charge >= 0.3 is 0 Å². The van der Waals surface area contributed by atoms with E-state index in [-0.39, 0.29) is 11.0 Å². The molecular weight excluding hydrogens is 360 g/mol. The zero-order valence-corrected chi connectivity index (χ0v) is 18.5. The average Bonchev–Trinajstić information content (AvgIpc) is 3.48. The van der Waals surface area contributed by atoms with E-state index in [1.807, 2.05) is 0 Å². The van der Waals surface area contributed by atoms with Crippen molar-refractivity contribution in [3.05, 3.63) is 60.7 Å². The molecule has 0 aliphatic heterocycles. The van der Waals surface area contributed by atoms with Crippen molar-refractivity contribution in [3.8, 4) is 6.07 Å². The fourth-order valence-corrected chi connectivity index (χ4v) is 8.88. The quantitative estimate of drug-likeness (QED) is 0.550. The summed E-state index contributed by atoms with van der Waals surface area (Å²) >= 11 is 0. The average molecular weight is 393 g/mol. The van der Waals surface area contributed by atoms with Crippen LogP contribution in [0.5, 0.6) is 0 Å². The number of rotatable bonds is 8. The lowest BCUT2D eigenvalue weighted by molar-refractivity contribution is 0.286. The minimum Gasteiger partial charge on any atom is -0.406 e. The number of nitrogens with zero attached hydrogens (tertiary/aromatic N) is 1. The van der Waals surface area contributed by atoms with Gasteiger partial charge < -0.3 is 9.74 Å². The molecule has 0 aromatic heterocycles. The van der Waals surface area contributed by atoms with Crippen LogP contribution in [-0.2, 0) is 4.43 Å². The summed E-state index contributed by atoms with van der Waals surface area (Å²) in [5.41, 5.74) is 0. The Bertz CT molecular complexity index is 755. The maximum atomic E-state index is 9.05. The van der Waals surface area contributed by atoms with E-state index in [4.69, 9.17) is 9.69 Å². The first-order chi connectivity index (χ1) is 13.4. The van der Waals surface area contributed by atoms with Crippen LogP contribution in [0.15, 0.2) is 60.7 Å². The van der Waals surface area contributed by atoms with E-state index < -0.39 is 8.32 Å². The molecule has 3 nitrogen and oxygen atoms in total. The Morgan fingerprint density at radius 3 is 2.04 bits per heavy atom. The number of benzene rings is 2. The Morgan fingerprint density at radius 2 is 1.61 bits per heavy atom. The Hall–Kier alpha value is -1.93. The van der Waals surface area contributed by atoms with Gasteiger partial charge in [-0.3, -0.25) is 0 Å². The molecule has 0 heterocycles. The van der Waals surface area contributed by atoms with Crippen molar-refractivity contribution in [2.45, 2.75) is 45.2 Å². The van der Waals surface area contributed by atoms with Crippen molar-refractivity contribution in [2.24, 2.45) is 11.8 Å². The molecule has 1 N–H and O–H groups in total. The van der Waals surface area contributed by atoms with Crippen molar-refractivity contribution >= 4 is 18.7 Å². The van der Waals surface area contributed by atoms with Crippen molar-refractivity contribution in [2.75, 3.05) is 13.2 Å². The largest absolute Gasteiger partial charge is 0.406 e. The molecule has 0 bridgehead atoms. The molecule has 148 valence electrons. The lowest BCUT2D eigenvalue weighted by Crippen LogP contribution is -2.67. The molecule has 2 aromatic rings. The second kappa shape index (κ2) is 8.61. The third-order valence-corrected chi connectivity index (χ3v) is 11.0. The van der Waals surface area contributed by atoms with Gasteiger partial charge in [-0.15, -0.1) is 0 Å². The second-order valence-electron chi connectivity index (χ2n) is 8.89. The molecule has 28 heavy (non-hydrogen) atoms. The lowest BCUT2D eigenvalue weighted by atomic mass is 10.2. The van der Waals surface area contributed by atoms with E-state index in [2.05, 4.69) is 99.7 Å². The van der Waals surface area contributed by atoms with E-state index in [0.29, 0.717) is 18.6 Å². The van der Waals surface area contributed by atoms with Crippen molar-refractivity contribution in [1.29, 1.82) is 5.26 Å². The fourth-order valence-electron chi connectivity index (χ4n) is 4.32. The summed E-state index contributed by atoms with van der Waals surface area (Å²) < 4.78 is 6.88. The van der Waals surface area contributed by atoms with Crippen LogP contribution in [0, 0.1) is 23.2 Å². The Balaban J connectivity index is 1.80. The van der Waals surface area contributed by atoms with Crippen LogP contribution in [-0.4, -0.2) is 27.5 Å². The monoisotopic (exact) mass is 392 g/mol. The predicted octanol–water partition coefficient (Wildman–Crippen LogP) is 3.70. The third kappa shape index (κ3) is 4.22. The molecule has 2 aromatic carbocycles. The van der Waals surface area contributed by atoms with Gasteiger partial charge in [0.15, 0.2) is 0 Å². The summed E-state index contributed by atoms with van der Waals surface area (Å²) in [4.78, 5) is 0. The third-order valence-electron chi connectivity index (χ3n) is 5.95. The number of hydrogen-bond acceptors (Lipinski definition) is 3. The van der Waals surface area contributed by atoms with Crippen LogP contribution >= 0.6 is 0 Å². The van der Waals surface area contributed by atoms with Gasteiger partial charge in [-0.05, 0) is 34.7 Å². The van der Waals surface area contributed by atoms with E-state index in [1.54, 1.807) is 0 Å². The summed E-state index contributed by atoms with van der Waals surface area (Å²) in [7, 11) is -2.45. The molecule has 1 fully saturated rings. The first-order valence-corrected chi connectivity index (χ1v) is 12.2. The summed E-state index contributed by atoms with van der Waals surface area (Å²) in [6.45, 7) is 10.6. The van der Waals surface area contributed by atoms with Crippen LogP contribution in [0.4, 0.5) is 0 Å². The van der Waals surface area contributed by atoms with E-state index in [1.165, 1.54) is 10.4 Å². The zero-order chi connectivity index (χ0) is 20.2. The smallest absolute Gasteiger partial charge is 0.261 e. The molecule has 1 saturated carbocycles. The normalized spacial score (nSPS) is 20.4. The van der Waals surface area contributed by atoms with Gasteiger partial charge in [0.25, 0.3) is 8.32 Å². The highest BCUT2D eigenvalue weighted by Gasteiger charge is 2.50. The molecule has 0 radical (unpaired) electrons. The minimum absolute atomic E-state index is 0.00369. The Labute approximate surface area is 170 Å². The summed E-state index contributed by atoms with van der Waals surface area (Å²) in [5, 5.41) is 15.3. The van der Waals surface area contributed by atoms with Crippen molar-refractivity contribution in [3.63, 3.8) is 0 Å². The molecular formula is C24H32N2OSi. The lowest BCUT2D eigenvalue weighted by Gasteiger charge is -2.43. The van der Waals surface area contributed by atoms with Gasteiger partial charge in [0.2, 0.25) is 0 Å². The summed E-state index contributed by atoms with van der Waals surface area (Å²) in [6.07, 6.45) is 1.03. The molecule has 4 heteroatoms. The van der Waals surface area contributed by atoms with Gasteiger partial charge in [-0.1, -0.05) is 81.4 Å². The van der Waals surface area contributed by atoms with Gasteiger partial charge in [-0.25, -0.2) is 0 Å². The van der Waals surface area contributed by atoms with Crippen molar-refractivity contribution < 1.29 is 4.43 Å². The minimum atomic E-state index is -2.45. The van der Waals surface area contributed by atoms with Crippen LogP contribution in [0.25, 0.3) is 0 Å². The van der Waals surface area contributed by atoms with Crippen LogP contribution in [0.2, 0.25) is 5.04 Å². The standard InChI is InChI=1S/C24H32N2OSi/c1-19(23-17-20(23)18-25)26-15-16-27-28(24(2,3)4,21-11-7-5-8-12-21)22-13-9-6-10-14-22/h5-14,19-20,23,26H,15-17H2,1-4H3. The summed E-state index contributed by atoms with van der Waals surface area (Å²) in [6, 6.07) is 24.3. The predicted molar refractivity (Wildman–Crippen MR) is 118 cm³/mol. The van der Waals surface area contributed by atoms with Gasteiger partial charge in [0.05, 0.1) is 12.0 Å². The summed E-state index contributed by atoms with van der Waals surface area (Å²) in [5.74, 6) is 0.734. The maximum absolute atomic E-state index is 9.05. The molecule has 3 atom stereocenters. The first kappa shape index (κ1) is 20.8. The maximum Gasteiger partial charge on any atom is 0.261 e. The number of nitriles is 1. The molecule has 1 aliphatic rings. The molecule has 0 spiro atoms. The highest BCUT2D eigenvalue weighted by Crippen LogP contribution is 2.40. The second-order valence-corrected chi connectivity index (χ2v) is 13.2. The number of hydrogen-bond donors (Lipinski definition) is 1. The topological polar surface area (TPSA) is 45.0 Å². The van der Waals surface area contributed by atoms with E-state index >= 15 is 0 Å². The van der Waals surface area contributed by atoms with Crippen LogP contribution in [0.3, 0.4) is 0 Å². The highest BCUT2D eigenvalue weighted by molar-refractivity contribution is 6.99. The van der Waals surface area contributed by atoms with Gasteiger partial charge in [0.1, 0.15) is 0 Å². The first-order valence-electron chi connectivity index (χ1n) is 10.3.